The highest BCUT2D eigenvalue weighted by Crippen LogP contribution is 2.22. The zero-order valence-corrected chi connectivity index (χ0v) is 17.2. The number of hydrogen-bond donors (Lipinski definition) is 2. The van der Waals surface area contributed by atoms with Crippen LogP contribution in [0.25, 0.3) is 11.3 Å². The summed E-state index contributed by atoms with van der Waals surface area (Å²) in [6, 6.07) is 14.3. The van der Waals surface area contributed by atoms with E-state index in [1.807, 2.05) is 36.4 Å². The number of hydrazone groups is 1. The van der Waals surface area contributed by atoms with Crippen LogP contribution in [0.2, 0.25) is 0 Å². The number of nitrogens with one attached hydrogen (secondary N) is 2. The van der Waals surface area contributed by atoms with Gasteiger partial charge in [-0.2, -0.15) is 18.6 Å². The number of hydrogen-bond acceptors (Lipinski definition) is 5. The molecule has 8 heteroatoms. The SMILES string of the molecule is CCCCc1ccc(S(=O)(=O)NN=Cc2cn[nH]c2-c2ccc(OC)cc2)cc1. The summed E-state index contributed by atoms with van der Waals surface area (Å²) in [5.41, 5.74) is 3.40. The number of sulfonamides is 1. The molecule has 0 spiro atoms. The van der Waals surface area contributed by atoms with Gasteiger partial charge in [-0.05, 0) is 54.8 Å². The Morgan fingerprint density at radius 3 is 2.52 bits per heavy atom. The average molecular weight is 413 g/mol. The minimum Gasteiger partial charge on any atom is -0.497 e. The molecule has 152 valence electrons. The molecule has 0 amide bonds. The monoisotopic (exact) mass is 412 g/mol. The first kappa shape index (κ1) is 20.6. The van der Waals surface area contributed by atoms with Crippen LogP contribution in [0.1, 0.15) is 30.9 Å². The quantitative estimate of drug-likeness (QED) is 0.413. The molecule has 0 unspecified atom stereocenters. The first-order valence-corrected chi connectivity index (χ1v) is 10.8. The molecule has 1 aromatic heterocycles. The lowest BCUT2D eigenvalue weighted by Gasteiger charge is -2.05. The average Bonchev–Trinajstić information content (AvgIpc) is 3.21. The van der Waals surface area contributed by atoms with Crippen LogP contribution in [0.3, 0.4) is 0 Å². The standard InChI is InChI=1S/C21H24N4O3S/c1-3-4-5-16-6-12-20(13-7-16)29(26,27)25-23-15-18-14-22-24-21(18)17-8-10-19(28-2)11-9-17/h6-15,25H,3-5H2,1-2H3,(H,22,24). The number of rotatable bonds is 9. The summed E-state index contributed by atoms with van der Waals surface area (Å²) < 4.78 is 30.1. The molecule has 0 atom stereocenters. The van der Waals surface area contributed by atoms with Crippen molar-refractivity contribution in [3.8, 4) is 17.0 Å². The maximum absolute atomic E-state index is 12.4. The molecule has 0 bridgehead atoms. The largest absolute Gasteiger partial charge is 0.497 e. The zero-order chi connectivity index (χ0) is 20.7. The molecule has 0 saturated heterocycles. The van der Waals surface area contributed by atoms with Gasteiger partial charge in [-0.15, -0.1) is 0 Å². The number of unbranched alkanes of at least 4 members (excludes halogenated alkanes) is 1. The van der Waals surface area contributed by atoms with E-state index in [2.05, 4.69) is 27.1 Å². The van der Waals surface area contributed by atoms with Gasteiger partial charge in [0.15, 0.2) is 0 Å². The molecule has 0 aliphatic carbocycles. The Bertz CT molecular complexity index is 1060. The predicted molar refractivity (Wildman–Crippen MR) is 114 cm³/mol. The van der Waals surface area contributed by atoms with E-state index in [-0.39, 0.29) is 4.90 Å². The van der Waals surface area contributed by atoms with Gasteiger partial charge in [0.1, 0.15) is 5.75 Å². The van der Waals surface area contributed by atoms with Crippen molar-refractivity contribution in [2.45, 2.75) is 31.1 Å². The summed E-state index contributed by atoms with van der Waals surface area (Å²) in [6.07, 6.45) is 6.13. The molecule has 0 aliphatic rings. The molecular weight excluding hydrogens is 388 g/mol. The van der Waals surface area contributed by atoms with Gasteiger partial charge in [-0.25, -0.2) is 4.83 Å². The van der Waals surface area contributed by atoms with Crippen LogP contribution >= 0.6 is 0 Å². The van der Waals surface area contributed by atoms with Crippen molar-refractivity contribution in [2.75, 3.05) is 7.11 Å². The molecule has 0 saturated carbocycles. The zero-order valence-electron chi connectivity index (χ0n) is 16.4. The van der Waals surface area contributed by atoms with Crippen molar-refractivity contribution in [3.63, 3.8) is 0 Å². The fourth-order valence-electron chi connectivity index (χ4n) is 2.82. The van der Waals surface area contributed by atoms with Crippen molar-refractivity contribution in [1.29, 1.82) is 0 Å². The number of aromatic amines is 1. The number of aryl methyl sites for hydroxylation is 1. The molecule has 0 fully saturated rings. The van der Waals surface area contributed by atoms with Gasteiger partial charge in [0.05, 0.1) is 30.1 Å². The van der Waals surface area contributed by atoms with Gasteiger partial charge < -0.3 is 4.74 Å². The fraction of sp³-hybridized carbons (Fsp3) is 0.238. The maximum Gasteiger partial charge on any atom is 0.276 e. The van der Waals surface area contributed by atoms with Gasteiger partial charge in [0.25, 0.3) is 10.0 Å². The Balaban J connectivity index is 1.70. The van der Waals surface area contributed by atoms with Crippen LogP contribution in [-0.2, 0) is 16.4 Å². The fourth-order valence-corrected chi connectivity index (χ4v) is 3.61. The Labute approximate surface area is 170 Å². The summed E-state index contributed by atoms with van der Waals surface area (Å²) in [4.78, 5) is 2.43. The summed E-state index contributed by atoms with van der Waals surface area (Å²) >= 11 is 0. The van der Waals surface area contributed by atoms with E-state index in [1.165, 1.54) is 6.21 Å². The molecule has 3 aromatic rings. The molecule has 3 rings (SSSR count). The highest BCUT2D eigenvalue weighted by Gasteiger charge is 2.13. The second-order valence-corrected chi connectivity index (χ2v) is 8.19. The number of ether oxygens (including phenoxy) is 1. The van der Waals surface area contributed by atoms with Crippen LogP contribution in [0, 0.1) is 0 Å². The molecule has 29 heavy (non-hydrogen) atoms. The number of aromatic nitrogens is 2. The van der Waals surface area contributed by atoms with Gasteiger partial charge in [0, 0.05) is 11.1 Å². The summed E-state index contributed by atoms with van der Waals surface area (Å²) in [5, 5.41) is 10.8. The molecule has 1 heterocycles. The second kappa shape index (κ2) is 9.38. The van der Waals surface area contributed by atoms with Gasteiger partial charge >= 0.3 is 0 Å². The van der Waals surface area contributed by atoms with E-state index in [0.29, 0.717) is 5.56 Å². The molecule has 0 aliphatic heterocycles. The minimum absolute atomic E-state index is 0.178. The first-order valence-electron chi connectivity index (χ1n) is 9.35. The number of H-pyrrole nitrogens is 1. The van der Waals surface area contributed by atoms with E-state index < -0.39 is 10.0 Å². The number of methoxy groups -OCH3 is 1. The van der Waals surface area contributed by atoms with Crippen LogP contribution in [-0.4, -0.2) is 31.9 Å². The number of nitrogens with zero attached hydrogens (tertiary/aromatic N) is 2. The normalized spacial score (nSPS) is 11.7. The molecular formula is C21H24N4O3S. The van der Waals surface area contributed by atoms with Gasteiger partial charge in [-0.3, -0.25) is 5.10 Å². The first-order chi connectivity index (χ1) is 14.0. The van der Waals surface area contributed by atoms with Crippen LogP contribution in [0.15, 0.2) is 64.7 Å². The lowest BCUT2D eigenvalue weighted by Crippen LogP contribution is -2.18. The summed E-state index contributed by atoms with van der Waals surface area (Å²) in [6.45, 7) is 2.13. The van der Waals surface area contributed by atoms with Gasteiger partial charge in [0.2, 0.25) is 0 Å². The molecule has 0 radical (unpaired) electrons. The Morgan fingerprint density at radius 1 is 1.14 bits per heavy atom. The Hall–Kier alpha value is -3.13. The van der Waals surface area contributed by atoms with Crippen molar-refractivity contribution in [2.24, 2.45) is 5.10 Å². The lowest BCUT2D eigenvalue weighted by molar-refractivity contribution is 0.415. The molecule has 2 N–H and O–H groups in total. The van der Waals surface area contributed by atoms with E-state index in [1.54, 1.807) is 25.4 Å². The highest BCUT2D eigenvalue weighted by atomic mass is 32.2. The second-order valence-electron chi connectivity index (χ2n) is 6.53. The summed E-state index contributed by atoms with van der Waals surface area (Å²) in [5.74, 6) is 0.747. The third kappa shape index (κ3) is 5.23. The third-order valence-electron chi connectivity index (χ3n) is 4.48. The van der Waals surface area contributed by atoms with Crippen molar-refractivity contribution < 1.29 is 13.2 Å². The van der Waals surface area contributed by atoms with Gasteiger partial charge in [-0.1, -0.05) is 25.5 Å². The van der Waals surface area contributed by atoms with Crippen molar-refractivity contribution in [3.05, 3.63) is 65.9 Å². The summed E-state index contributed by atoms with van der Waals surface area (Å²) in [7, 11) is -2.13. The van der Waals surface area contributed by atoms with E-state index in [0.717, 1.165) is 41.8 Å². The van der Waals surface area contributed by atoms with E-state index in [9.17, 15) is 8.42 Å². The Morgan fingerprint density at radius 2 is 1.86 bits per heavy atom. The van der Waals surface area contributed by atoms with E-state index >= 15 is 0 Å². The Kier molecular flexibility index (Phi) is 6.66. The lowest BCUT2D eigenvalue weighted by atomic mass is 10.1. The van der Waals surface area contributed by atoms with Crippen molar-refractivity contribution in [1.82, 2.24) is 15.0 Å². The predicted octanol–water partition coefficient (Wildman–Crippen LogP) is 3.74. The third-order valence-corrected chi connectivity index (χ3v) is 5.72. The number of benzene rings is 2. The van der Waals surface area contributed by atoms with Crippen molar-refractivity contribution >= 4 is 16.2 Å². The van der Waals surface area contributed by atoms with Crippen LogP contribution in [0.5, 0.6) is 5.75 Å². The molecule has 7 nitrogen and oxygen atoms in total. The topological polar surface area (TPSA) is 96.4 Å². The van der Waals surface area contributed by atoms with E-state index in [4.69, 9.17) is 4.74 Å². The molecule has 2 aromatic carbocycles. The highest BCUT2D eigenvalue weighted by molar-refractivity contribution is 7.89. The smallest absolute Gasteiger partial charge is 0.276 e. The van der Waals surface area contributed by atoms with Crippen LogP contribution in [0.4, 0.5) is 0 Å². The van der Waals surface area contributed by atoms with Crippen LogP contribution < -0.4 is 9.57 Å². The maximum atomic E-state index is 12.4. The minimum atomic E-state index is -3.73.